The summed E-state index contributed by atoms with van der Waals surface area (Å²) < 4.78 is 44.6. The molecule has 0 spiro atoms. The molecule has 0 aromatic heterocycles. The van der Waals surface area contributed by atoms with Gasteiger partial charge in [-0.25, -0.2) is 0 Å². The maximum Gasteiger partial charge on any atom is 0.416 e. The zero-order valence-corrected chi connectivity index (χ0v) is 20.7. The van der Waals surface area contributed by atoms with E-state index in [1.165, 1.54) is 29.2 Å². The van der Waals surface area contributed by atoms with Crippen molar-refractivity contribution in [1.82, 2.24) is 0 Å². The second kappa shape index (κ2) is 10.1. The molecule has 0 N–H and O–H groups in total. The molecule has 36 heavy (non-hydrogen) atoms. The molecule has 1 heterocycles. The van der Waals surface area contributed by atoms with E-state index in [-0.39, 0.29) is 25.7 Å². The number of ether oxygens (including phenoxy) is 1. The average molecular weight is 571 g/mol. The van der Waals surface area contributed by atoms with Crippen LogP contribution < -0.4 is 9.64 Å². The van der Waals surface area contributed by atoms with Crippen LogP contribution in [-0.2, 0) is 11.0 Å². The Balaban J connectivity index is 1.61. The summed E-state index contributed by atoms with van der Waals surface area (Å²) in [5, 5.41) is 12.0. The molecule has 1 aliphatic heterocycles. The third-order valence-electron chi connectivity index (χ3n) is 4.81. The molecule has 0 atom stereocenters. The fraction of sp³-hybridized carbons (Fsp3) is 0.0435. The Morgan fingerprint density at radius 1 is 1.08 bits per heavy atom. The Morgan fingerprint density at radius 2 is 1.83 bits per heavy atom. The molecule has 1 fully saturated rings. The van der Waals surface area contributed by atoms with Gasteiger partial charge in [0.25, 0.3) is 5.91 Å². The molecule has 13 heteroatoms. The number of carbonyl (C=O) groups is 1. The number of amides is 1. The Hall–Kier alpha value is -3.12. The summed E-state index contributed by atoms with van der Waals surface area (Å²) in [7, 11) is 0. The number of alkyl halides is 3. The summed E-state index contributed by atoms with van der Waals surface area (Å²) in [4.78, 5) is 24.9. The second-order valence-corrected chi connectivity index (χ2v) is 9.74. The number of nitrogens with zero attached hydrogens (tertiary/aromatic N) is 2. The molecule has 3 aromatic carbocycles. The highest BCUT2D eigenvalue weighted by molar-refractivity contribution is 8.27. The predicted molar refractivity (Wildman–Crippen MR) is 137 cm³/mol. The lowest BCUT2D eigenvalue weighted by Crippen LogP contribution is -2.27. The highest BCUT2D eigenvalue weighted by atomic mass is 35.5. The molecular formula is C23H11Cl2F3N2O4S2. The summed E-state index contributed by atoms with van der Waals surface area (Å²) in [6.07, 6.45) is -3.21. The van der Waals surface area contributed by atoms with Gasteiger partial charge in [0.05, 0.1) is 26.1 Å². The molecule has 0 saturated carbocycles. The zero-order chi connectivity index (χ0) is 26.2. The van der Waals surface area contributed by atoms with Crippen molar-refractivity contribution >= 4 is 74.9 Å². The van der Waals surface area contributed by atoms with E-state index in [0.717, 1.165) is 17.8 Å². The number of nitro benzene ring substituents is 1. The fourth-order valence-corrected chi connectivity index (χ4v) is 4.98. The number of hydrogen-bond acceptors (Lipinski definition) is 6. The average Bonchev–Trinajstić information content (AvgIpc) is 3.06. The Morgan fingerprint density at radius 3 is 2.50 bits per heavy atom. The first-order valence-corrected chi connectivity index (χ1v) is 11.8. The minimum absolute atomic E-state index is 0.114. The largest absolute Gasteiger partial charge is 0.450 e. The lowest BCUT2D eigenvalue weighted by atomic mass is 10.1. The molecule has 0 bridgehead atoms. The van der Waals surface area contributed by atoms with Gasteiger partial charge in [0.2, 0.25) is 5.75 Å². The molecule has 0 aliphatic carbocycles. The van der Waals surface area contributed by atoms with Crippen molar-refractivity contribution in [2.24, 2.45) is 0 Å². The molecule has 3 aromatic rings. The monoisotopic (exact) mass is 570 g/mol. The molecule has 1 amide bonds. The highest BCUT2D eigenvalue weighted by Gasteiger charge is 2.35. The van der Waals surface area contributed by atoms with Crippen LogP contribution in [0.3, 0.4) is 0 Å². The minimum Gasteiger partial charge on any atom is -0.450 e. The van der Waals surface area contributed by atoms with Crippen molar-refractivity contribution in [3.8, 4) is 11.5 Å². The second-order valence-electron chi connectivity index (χ2n) is 7.22. The number of anilines is 1. The van der Waals surface area contributed by atoms with Gasteiger partial charge < -0.3 is 4.74 Å². The molecule has 6 nitrogen and oxygen atoms in total. The number of nitro groups is 1. The number of rotatable bonds is 5. The topological polar surface area (TPSA) is 72.7 Å². The number of benzene rings is 3. The van der Waals surface area contributed by atoms with Gasteiger partial charge >= 0.3 is 11.9 Å². The van der Waals surface area contributed by atoms with Gasteiger partial charge in [0.15, 0.2) is 4.32 Å². The van der Waals surface area contributed by atoms with E-state index in [4.69, 9.17) is 40.2 Å². The number of thiocarbonyl (C=S) groups is 1. The van der Waals surface area contributed by atoms with Crippen molar-refractivity contribution in [2.45, 2.75) is 6.18 Å². The highest BCUT2D eigenvalue weighted by Crippen LogP contribution is 2.41. The molecular weight excluding hydrogens is 560 g/mol. The standard InChI is InChI=1S/C23H11Cl2F3N2O4S2/c24-14-5-6-17(16(25)11-14)29-21(31)20(36-22(29)35)9-12-2-1-3-15(8-12)34-19-7-4-13(23(26,27)28)10-18(19)30(32)33/h1-11H/b20-9-. The van der Waals surface area contributed by atoms with Crippen LogP contribution >= 0.6 is 47.2 Å². The minimum atomic E-state index is -4.74. The van der Waals surface area contributed by atoms with Crippen LogP contribution in [0, 0.1) is 10.1 Å². The normalized spacial score (nSPS) is 15.0. The van der Waals surface area contributed by atoms with Crippen molar-refractivity contribution in [3.63, 3.8) is 0 Å². The summed E-state index contributed by atoms with van der Waals surface area (Å²) in [6.45, 7) is 0. The lowest BCUT2D eigenvalue weighted by Gasteiger charge is -2.16. The number of carbonyl (C=O) groups excluding carboxylic acids is 1. The van der Waals surface area contributed by atoms with Crippen molar-refractivity contribution in [1.29, 1.82) is 0 Å². The van der Waals surface area contributed by atoms with E-state index in [0.29, 0.717) is 28.4 Å². The molecule has 1 aliphatic rings. The van der Waals surface area contributed by atoms with E-state index >= 15 is 0 Å². The molecule has 0 radical (unpaired) electrons. The molecule has 184 valence electrons. The van der Waals surface area contributed by atoms with Gasteiger partial charge in [-0.05, 0) is 54.1 Å². The third kappa shape index (κ3) is 5.49. The maximum absolute atomic E-state index is 13.0. The molecule has 1 saturated heterocycles. The van der Waals surface area contributed by atoms with E-state index < -0.39 is 28.3 Å². The SMILES string of the molecule is O=C1/C(=C/c2cccc(Oc3ccc(C(F)(F)F)cc3[N+](=O)[O-])c2)SC(=S)N1c1ccc(Cl)cc1Cl. The van der Waals surface area contributed by atoms with Gasteiger partial charge in [-0.15, -0.1) is 0 Å². The number of halogens is 5. The van der Waals surface area contributed by atoms with Crippen LogP contribution in [0.1, 0.15) is 11.1 Å². The Bertz CT molecular complexity index is 1450. The smallest absolute Gasteiger partial charge is 0.416 e. The molecule has 4 rings (SSSR count). The van der Waals surface area contributed by atoms with Crippen LogP contribution in [0.25, 0.3) is 6.08 Å². The number of thioether (sulfide) groups is 1. The van der Waals surface area contributed by atoms with Gasteiger partial charge in [-0.2, -0.15) is 13.2 Å². The van der Waals surface area contributed by atoms with Gasteiger partial charge in [0.1, 0.15) is 5.75 Å². The molecule has 0 unspecified atom stereocenters. The Labute approximate surface area is 221 Å². The van der Waals surface area contributed by atoms with Gasteiger partial charge in [0, 0.05) is 11.1 Å². The van der Waals surface area contributed by atoms with Crippen LogP contribution in [-0.4, -0.2) is 15.2 Å². The summed E-state index contributed by atoms with van der Waals surface area (Å²) in [5.74, 6) is -0.671. The first-order valence-electron chi connectivity index (χ1n) is 9.80. The predicted octanol–water partition coefficient (Wildman–Crippen LogP) is 8.12. The van der Waals surface area contributed by atoms with Crippen molar-refractivity contribution in [3.05, 3.63) is 96.9 Å². The summed E-state index contributed by atoms with van der Waals surface area (Å²) in [5.41, 5.74) is -1.14. The first-order chi connectivity index (χ1) is 16.9. The maximum atomic E-state index is 13.0. The van der Waals surface area contributed by atoms with E-state index in [1.54, 1.807) is 24.3 Å². The first kappa shape index (κ1) is 26.0. The third-order valence-corrected chi connectivity index (χ3v) is 6.65. The quantitative estimate of drug-likeness (QED) is 0.133. The van der Waals surface area contributed by atoms with Crippen LogP contribution in [0.4, 0.5) is 24.5 Å². The van der Waals surface area contributed by atoms with Gasteiger partial charge in [-0.1, -0.05) is 59.3 Å². The summed E-state index contributed by atoms with van der Waals surface area (Å²) >= 11 is 18.5. The number of hydrogen-bond donors (Lipinski definition) is 0. The van der Waals surface area contributed by atoms with E-state index in [9.17, 15) is 28.1 Å². The fourth-order valence-electron chi connectivity index (χ4n) is 3.21. The van der Waals surface area contributed by atoms with Crippen molar-refractivity contribution < 1.29 is 27.6 Å². The lowest BCUT2D eigenvalue weighted by molar-refractivity contribution is -0.385. The van der Waals surface area contributed by atoms with Crippen LogP contribution in [0.2, 0.25) is 10.0 Å². The summed E-state index contributed by atoms with van der Waals surface area (Å²) in [6, 6.07) is 12.8. The van der Waals surface area contributed by atoms with Crippen molar-refractivity contribution in [2.75, 3.05) is 4.90 Å². The Kier molecular flexibility index (Phi) is 7.28. The van der Waals surface area contributed by atoms with E-state index in [2.05, 4.69) is 0 Å². The zero-order valence-electron chi connectivity index (χ0n) is 17.6. The van der Waals surface area contributed by atoms with E-state index in [1.807, 2.05) is 0 Å². The van der Waals surface area contributed by atoms with Gasteiger partial charge in [-0.3, -0.25) is 19.8 Å². The van der Waals surface area contributed by atoms with Crippen LogP contribution in [0.5, 0.6) is 11.5 Å². The van der Waals surface area contributed by atoms with Crippen LogP contribution in [0.15, 0.2) is 65.6 Å².